The van der Waals surface area contributed by atoms with Crippen LogP contribution < -0.4 is 11.1 Å². The van der Waals surface area contributed by atoms with Crippen LogP contribution in [0.2, 0.25) is 0 Å². The molecule has 19 heavy (non-hydrogen) atoms. The average Bonchev–Trinajstić information content (AvgIpc) is 2.43. The van der Waals surface area contributed by atoms with E-state index in [1.165, 1.54) is 23.9 Å². The second kappa shape index (κ2) is 5.34. The molecule has 2 rings (SSSR count). The van der Waals surface area contributed by atoms with Gasteiger partial charge in [-0.1, -0.05) is 12.1 Å². The fraction of sp³-hybridized carbons (Fsp3) is 0.154. The molecule has 1 aromatic heterocycles. The molecule has 98 valence electrons. The van der Waals surface area contributed by atoms with Crippen LogP contribution >= 0.6 is 0 Å². The summed E-state index contributed by atoms with van der Waals surface area (Å²) < 4.78 is 5.79. The Kier molecular flexibility index (Phi) is 3.61. The van der Waals surface area contributed by atoms with Crippen LogP contribution in [0.5, 0.6) is 0 Å². The van der Waals surface area contributed by atoms with E-state index in [1.807, 2.05) is 0 Å². The van der Waals surface area contributed by atoms with Gasteiger partial charge in [-0.15, -0.1) is 0 Å². The standard InChI is InChI=1S/C13H12N2O4/c1-19-13(18)10-4-2-9(3-5-10)8-15-12(17)7-6-11(16)14-15/h2-7H,8H2,1H3,(H,14,16). The van der Waals surface area contributed by atoms with Crippen LogP contribution in [0.3, 0.4) is 0 Å². The molecule has 0 aliphatic heterocycles. The van der Waals surface area contributed by atoms with E-state index < -0.39 is 5.97 Å². The molecular formula is C13H12N2O4. The van der Waals surface area contributed by atoms with Crippen molar-refractivity contribution in [1.29, 1.82) is 0 Å². The maximum atomic E-state index is 11.5. The lowest BCUT2D eigenvalue weighted by Gasteiger charge is -2.05. The molecule has 0 saturated heterocycles. The van der Waals surface area contributed by atoms with Crippen LogP contribution in [0, 0.1) is 0 Å². The van der Waals surface area contributed by atoms with E-state index in [-0.39, 0.29) is 17.7 Å². The van der Waals surface area contributed by atoms with Crippen molar-refractivity contribution in [1.82, 2.24) is 9.78 Å². The first-order valence-electron chi connectivity index (χ1n) is 5.57. The zero-order chi connectivity index (χ0) is 13.8. The quantitative estimate of drug-likeness (QED) is 0.808. The summed E-state index contributed by atoms with van der Waals surface area (Å²) in [5, 5.41) is 2.43. The number of aromatic amines is 1. The molecule has 0 bridgehead atoms. The van der Waals surface area contributed by atoms with Gasteiger partial charge in [-0.05, 0) is 17.7 Å². The summed E-state index contributed by atoms with van der Waals surface area (Å²) in [7, 11) is 1.31. The Hall–Kier alpha value is -2.63. The van der Waals surface area contributed by atoms with E-state index in [0.717, 1.165) is 5.56 Å². The van der Waals surface area contributed by atoms with Crippen molar-refractivity contribution in [2.24, 2.45) is 0 Å². The average molecular weight is 260 g/mol. The topological polar surface area (TPSA) is 81.2 Å². The third-order valence-electron chi connectivity index (χ3n) is 2.60. The molecule has 0 aliphatic rings. The first-order valence-corrected chi connectivity index (χ1v) is 5.57. The molecule has 6 heteroatoms. The monoisotopic (exact) mass is 260 g/mol. The number of aromatic nitrogens is 2. The van der Waals surface area contributed by atoms with E-state index in [4.69, 9.17) is 0 Å². The third-order valence-corrected chi connectivity index (χ3v) is 2.60. The number of nitrogens with zero attached hydrogens (tertiary/aromatic N) is 1. The van der Waals surface area contributed by atoms with E-state index in [9.17, 15) is 14.4 Å². The number of methoxy groups -OCH3 is 1. The van der Waals surface area contributed by atoms with Gasteiger partial charge in [-0.25, -0.2) is 9.48 Å². The summed E-state index contributed by atoms with van der Waals surface area (Å²) in [5.74, 6) is -0.420. The van der Waals surface area contributed by atoms with Crippen molar-refractivity contribution in [2.45, 2.75) is 6.54 Å². The highest BCUT2D eigenvalue weighted by atomic mass is 16.5. The molecule has 0 spiro atoms. The number of esters is 1. The van der Waals surface area contributed by atoms with Gasteiger partial charge in [0.05, 0.1) is 19.2 Å². The van der Waals surface area contributed by atoms with Gasteiger partial charge in [-0.2, -0.15) is 0 Å². The second-order valence-electron chi connectivity index (χ2n) is 3.92. The molecule has 1 N–H and O–H groups in total. The largest absolute Gasteiger partial charge is 0.465 e. The van der Waals surface area contributed by atoms with Crippen molar-refractivity contribution >= 4 is 5.97 Å². The number of hydrogen-bond donors (Lipinski definition) is 1. The molecule has 0 amide bonds. The minimum absolute atomic E-state index is 0.233. The zero-order valence-corrected chi connectivity index (χ0v) is 10.3. The lowest BCUT2D eigenvalue weighted by Crippen LogP contribution is -2.28. The van der Waals surface area contributed by atoms with Crippen molar-refractivity contribution in [3.8, 4) is 0 Å². The number of rotatable bonds is 3. The SMILES string of the molecule is COC(=O)c1ccc(Cn2[nH]c(=O)ccc2=O)cc1. The maximum Gasteiger partial charge on any atom is 0.337 e. The maximum absolute atomic E-state index is 11.5. The molecule has 1 heterocycles. The van der Waals surface area contributed by atoms with Crippen molar-refractivity contribution < 1.29 is 9.53 Å². The Labute approximate surface area is 108 Å². The highest BCUT2D eigenvalue weighted by Crippen LogP contribution is 2.06. The molecular weight excluding hydrogens is 248 g/mol. The van der Waals surface area contributed by atoms with Gasteiger partial charge in [0.1, 0.15) is 0 Å². The highest BCUT2D eigenvalue weighted by Gasteiger charge is 2.05. The van der Waals surface area contributed by atoms with Gasteiger partial charge in [0.25, 0.3) is 11.1 Å². The normalized spacial score (nSPS) is 10.2. The Bertz CT molecular complexity index is 698. The molecule has 0 unspecified atom stereocenters. The minimum Gasteiger partial charge on any atom is -0.465 e. The van der Waals surface area contributed by atoms with E-state index >= 15 is 0 Å². The summed E-state index contributed by atoms with van der Waals surface area (Å²) in [6, 6.07) is 9.00. The number of carbonyl (C=O) groups is 1. The van der Waals surface area contributed by atoms with E-state index in [2.05, 4.69) is 9.84 Å². The number of ether oxygens (including phenoxy) is 1. The summed E-state index contributed by atoms with van der Waals surface area (Å²) in [5.41, 5.74) is 0.583. The summed E-state index contributed by atoms with van der Waals surface area (Å²) in [6.07, 6.45) is 0. The lowest BCUT2D eigenvalue weighted by molar-refractivity contribution is 0.0600. The van der Waals surface area contributed by atoms with Crippen molar-refractivity contribution in [3.05, 3.63) is 68.2 Å². The van der Waals surface area contributed by atoms with Gasteiger partial charge in [0, 0.05) is 12.1 Å². The first-order chi connectivity index (χ1) is 9.10. The Morgan fingerprint density at radius 3 is 2.47 bits per heavy atom. The van der Waals surface area contributed by atoms with Crippen LogP contribution in [0.4, 0.5) is 0 Å². The van der Waals surface area contributed by atoms with E-state index in [0.29, 0.717) is 5.56 Å². The lowest BCUT2D eigenvalue weighted by atomic mass is 10.1. The third kappa shape index (κ3) is 2.98. The van der Waals surface area contributed by atoms with Crippen LogP contribution in [-0.4, -0.2) is 22.9 Å². The fourth-order valence-corrected chi connectivity index (χ4v) is 1.63. The smallest absolute Gasteiger partial charge is 0.337 e. The number of carbonyl (C=O) groups excluding carboxylic acids is 1. The Morgan fingerprint density at radius 2 is 1.84 bits per heavy atom. The number of H-pyrrole nitrogens is 1. The van der Waals surface area contributed by atoms with Crippen molar-refractivity contribution in [3.63, 3.8) is 0 Å². The van der Waals surface area contributed by atoms with Crippen LogP contribution in [-0.2, 0) is 11.3 Å². The van der Waals surface area contributed by atoms with Gasteiger partial charge in [-0.3, -0.25) is 14.7 Å². The van der Waals surface area contributed by atoms with Crippen LogP contribution in [0.1, 0.15) is 15.9 Å². The van der Waals surface area contributed by atoms with E-state index in [1.54, 1.807) is 24.3 Å². The zero-order valence-electron chi connectivity index (χ0n) is 10.3. The first kappa shape index (κ1) is 12.8. The fourth-order valence-electron chi connectivity index (χ4n) is 1.63. The predicted molar refractivity (Wildman–Crippen MR) is 68.2 cm³/mol. The van der Waals surface area contributed by atoms with Crippen LogP contribution in [0.15, 0.2) is 46.0 Å². The summed E-state index contributed by atoms with van der Waals surface area (Å²) >= 11 is 0. The predicted octanol–water partition coefficient (Wildman–Crippen LogP) is 0.371. The number of nitrogens with one attached hydrogen (secondary N) is 1. The molecule has 0 saturated carbocycles. The van der Waals surface area contributed by atoms with Gasteiger partial charge in [0.2, 0.25) is 0 Å². The molecule has 2 aromatic rings. The summed E-state index contributed by atoms with van der Waals surface area (Å²) in [6.45, 7) is 0.233. The Balaban J connectivity index is 2.24. The van der Waals surface area contributed by atoms with Gasteiger partial charge < -0.3 is 4.74 Å². The van der Waals surface area contributed by atoms with Gasteiger partial charge in [0.15, 0.2) is 0 Å². The molecule has 6 nitrogen and oxygen atoms in total. The molecule has 0 radical (unpaired) electrons. The highest BCUT2D eigenvalue weighted by molar-refractivity contribution is 5.89. The second-order valence-corrected chi connectivity index (χ2v) is 3.92. The Morgan fingerprint density at radius 1 is 1.16 bits per heavy atom. The number of benzene rings is 1. The van der Waals surface area contributed by atoms with Crippen LogP contribution in [0.25, 0.3) is 0 Å². The minimum atomic E-state index is -0.420. The van der Waals surface area contributed by atoms with Crippen molar-refractivity contribution in [2.75, 3.05) is 7.11 Å². The molecule has 0 atom stereocenters. The molecule has 1 aromatic carbocycles. The van der Waals surface area contributed by atoms with Gasteiger partial charge >= 0.3 is 5.97 Å². The molecule has 0 fully saturated rings. The summed E-state index contributed by atoms with van der Waals surface area (Å²) in [4.78, 5) is 33.9. The molecule has 0 aliphatic carbocycles. The number of hydrogen-bond acceptors (Lipinski definition) is 4.